The van der Waals surface area contributed by atoms with Gasteiger partial charge in [0.15, 0.2) is 0 Å². The summed E-state index contributed by atoms with van der Waals surface area (Å²) in [7, 11) is 1.52. The number of hydrogen-bond acceptors (Lipinski definition) is 2. The highest BCUT2D eigenvalue weighted by Crippen LogP contribution is 1.99. The van der Waals surface area contributed by atoms with Crippen molar-refractivity contribution in [3.05, 3.63) is 30.1 Å². The van der Waals surface area contributed by atoms with Gasteiger partial charge in [0.1, 0.15) is 0 Å². The second-order valence-corrected chi connectivity index (χ2v) is 2.50. The van der Waals surface area contributed by atoms with E-state index in [2.05, 4.69) is 4.98 Å². The summed E-state index contributed by atoms with van der Waals surface area (Å²) >= 11 is 0. The van der Waals surface area contributed by atoms with Crippen LogP contribution in [0.25, 0.3) is 0 Å². The average molecular weight is 166 g/mol. The first-order valence-corrected chi connectivity index (χ1v) is 3.53. The summed E-state index contributed by atoms with van der Waals surface area (Å²) in [5.41, 5.74) is 0.891. The molecule has 0 spiro atoms. The molecular weight excluding hydrogens is 156 g/mol. The Kier molecular flexibility index (Phi) is 2.63. The number of hydrogen-bond donors (Lipinski definition) is 1. The van der Waals surface area contributed by atoms with E-state index in [0.717, 1.165) is 5.56 Å². The molecule has 1 rings (SSSR count). The molecule has 1 amide bonds. The van der Waals surface area contributed by atoms with Gasteiger partial charge in [-0.1, -0.05) is 6.07 Å². The van der Waals surface area contributed by atoms with Crippen LogP contribution in [0.4, 0.5) is 4.79 Å². The highest BCUT2D eigenvalue weighted by molar-refractivity contribution is 5.64. The maximum absolute atomic E-state index is 10.4. The smallest absolute Gasteiger partial charge is 0.407 e. The van der Waals surface area contributed by atoms with Gasteiger partial charge in [-0.25, -0.2) is 4.79 Å². The fraction of sp³-hybridized carbons (Fsp3) is 0.250. The standard InChI is InChI=1S/C8H10N2O2/c1-10(8(11)12)6-7-3-2-4-9-5-7/h2-5H,6H2,1H3,(H,11,12). The van der Waals surface area contributed by atoms with Crippen molar-refractivity contribution in [3.8, 4) is 0 Å². The SMILES string of the molecule is CN(Cc1cccnc1)C(=O)O. The molecule has 64 valence electrons. The summed E-state index contributed by atoms with van der Waals surface area (Å²) < 4.78 is 0. The third-order valence-corrected chi connectivity index (χ3v) is 1.47. The summed E-state index contributed by atoms with van der Waals surface area (Å²) in [6.45, 7) is 0.378. The van der Waals surface area contributed by atoms with Gasteiger partial charge in [0.25, 0.3) is 0 Å². The number of carboxylic acid groups (broad SMARTS) is 1. The van der Waals surface area contributed by atoms with Gasteiger partial charge in [0, 0.05) is 19.4 Å². The van der Waals surface area contributed by atoms with Gasteiger partial charge in [-0.2, -0.15) is 0 Å². The van der Waals surface area contributed by atoms with Crippen LogP contribution < -0.4 is 0 Å². The van der Waals surface area contributed by atoms with Gasteiger partial charge in [-0.3, -0.25) is 4.98 Å². The highest BCUT2D eigenvalue weighted by atomic mass is 16.4. The van der Waals surface area contributed by atoms with E-state index in [-0.39, 0.29) is 0 Å². The summed E-state index contributed by atoms with van der Waals surface area (Å²) in [5, 5.41) is 8.55. The van der Waals surface area contributed by atoms with Crippen molar-refractivity contribution >= 4 is 6.09 Å². The van der Waals surface area contributed by atoms with Crippen LogP contribution in [-0.4, -0.2) is 28.1 Å². The van der Waals surface area contributed by atoms with Crippen molar-refractivity contribution in [2.45, 2.75) is 6.54 Å². The molecule has 0 fully saturated rings. The molecule has 1 N–H and O–H groups in total. The minimum Gasteiger partial charge on any atom is -0.465 e. The molecule has 0 bridgehead atoms. The maximum atomic E-state index is 10.4. The molecule has 1 aromatic heterocycles. The zero-order valence-corrected chi connectivity index (χ0v) is 6.77. The molecule has 1 aromatic rings. The van der Waals surface area contributed by atoms with Gasteiger partial charge < -0.3 is 10.0 Å². The number of carbonyl (C=O) groups is 1. The molecule has 0 radical (unpaired) electrons. The normalized spacial score (nSPS) is 9.42. The lowest BCUT2D eigenvalue weighted by Crippen LogP contribution is -2.23. The number of nitrogens with zero attached hydrogens (tertiary/aromatic N) is 2. The Morgan fingerprint density at radius 2 is 2.50 bits per heavy atom. The van der Waals surface area contributed by atoms with Crippen LogP contribution in [0.3, 0.4) is 0 Å². The Labute approximate surface area is 70.5 Å². The maximum Gasteiger partial charge on any atom is 0.407 e. The molecular formula is C8H10N2O2. The van der Waals surface area contributed by atoms with Gasteiger partial charge in [-0.15, -0.1) is 0 Å². The number of pyridine rings is 1. The average Bonchev–Trinajstić information content (AvgIpc) is 2.06. The van der Waals surface area contributed by atoms with Crippen LogP contribution in [0.5, 0.6) is 0 Å². The summed E-state index contributed by atoms with van der Waals surface area (Å²) in [5.74, 6) is 0. The van der Waals surface area contributed by atoms with Crippen molar-refractivity contribution in [3.63, 3.8) is 0 Å². The molecule has 4 nitrogen and oxygen atoms in total. The molecule has 0 aromatic carbocycles. The van der Waals surface area contributed by atoms with Crippen LogP contribution in [0.2, 0.25) is 0 Å². The minimum absolute atomic E-state index is 0.378. The number of aromatic nitrogens is 1. The number of amides is 1. The second kappa shape index (κ2) is 3.71. The molecule has 4 heteroatoms. The first-order chi connectivity index (χ1) is 5.70. The predicted molar refractivity (Wildman–Crippen MR) is 43.7 cm³/mol. The first kappa shape index (κ1) is 8.52. The fourth-order valence-electron chi connectivity index (χ4n) is 0.833. The molecule has 0 unspecified atom stereocenters. The summed E-state index contributed by atoms with van der Waals surface area (Å²) in [6, 6.07) is 3.62. The van der Waals surface area contributed by atoms with Crippen molar-refractivity contribution in [1.29, 1.82) is 0 Å². The quantitative estimate of drug-likeness (QED) is 0.718. The lowest BCUT2D eigenvalue weighted by molar-refractivity contribution is 0.153. The fourth-order valence-corrected chi connectivity index (χ4v) is 0.833. The Morgan fingerprint density at radius 3 is 3.00 bits per heavy atom. The predicted octanol–water partition coefficient (Wildman–Crippen LogP) is 1.19. The van der Waals surface area contributed by atoms with E-state index < -0.39 is 6.09 Å². The van der Waals surface area contributed by atoms with E-state index in [0.29, 0.717) is 6.54 Å². The van der Waals surface area contributed by atoms with Crippen LogP contribution in [0.15, 0.2) is 24.5 Å². The van der Waals surface area contributed by atoms with E-state index >= 15 is 0 Å². The van der Waals surface area contributed by atoms with Gasteiger partial charge in [-0.05, 0) is 11.6 Å². The second-order valence-electron chi connectivity index (χ2n) is 2.50. The number of rotatable bonds is 2. The minimum atomic E-state index is -0.932. The van der Waals surface area contributed by atoms with Crippen molar-refractivity contribution in [1.82, 2.24) is 9.88 Å². The van der Waals surface area contributed by atoms with Gasteiger partial charge >= 0.3 is 6.09 Å². The molecule has 12 heavy (non-hydrogen) atoms. The lowest BCUT2D eigenvalue weighted by Gasteiger charge is -2.11. The van der Waals surface area contributed by atoms with E-state index in [1.807, 2.05) is 6.07 Å². The van der Waals surface area contributed by atoms with E-state index in [1.165, 1.54) is 11.9 Å². The Bertz CT molecular complexity index is 261. The molecule has 0 aliphatic heterocycles. The van der Waals surface area contributed by atoms with Crippen molar-refractivity contribution in [2.24, 2.45) is 0 Å². The Balaban J connectivity index is 2.58. The summed E-state index contributed by atoms with van der Waals surface area (Å²) in [6.07, 6.45) is 2.38. The van der Waals surface area contributed by atoms with E-state index in [1.54, 1.807) is 18.5 Å². The zero-order chi connectivity index (χ0) is 8.97. The van der Waals surface area contributed by atoms with Crippen molar-refractivity contribution in [2.75, 3.05) is 7.05 Å². The molecule has 0 saturated heterocycles. The highest BCUT2D eigenvalue weighted by Gasteiger charge is 2.04. The first-order valence-electron chi connectivity index (χ1n) is 3.53. The van der Waals surface area contributed by atoms with E-state index in [4.69, 9.17) is 5.11 Å². The third-order valence-electron chi connectivity index (χ3n) is 1.47. The van der Waals surface area contributed by atoms with Gasteiger partial charge in [0.2, 0.25) is 0 Å². The van der Waals surface area contributed by atoms with Gasteiger partial charge in [0.05, 0.1) is 6.54 Å². The molecule has 0 aliphatic carbocycles. The van der Waals surface area contributed by atoms with Crippen molar-refractivity contribution < 1.29 is 9.90 Å². The molecule has 0 saturated carbocycles. The lowest BCUT2D eigenvalue weighted by atomic mass is 10.3. The molecule has 0 atom stereocenters. The Hall–Kier alpha value is -1.58. The third kappa shape index (κ3) is 2.23. The topological polar surface area (TPSA) is 53.4 Å². The monoisotopic (exact) mass is 166 g/mol. The van der Waals surface area contributed by atoms with Crippen LogP contribution in [0.1, 0.15) is 5.56 Å². The molecule has 1 heterocycles. The van der Waals surface area contributed by atoms with Crippen LogP contribution in [0, 0.1) is 0 Å². The zero-order valence-electron chi connectivity index (χ0n) is 6.77. The Morgan fingerprint density at radius 1 is 1.75 bits per heavy atom. The van der Waals surface area contributed by atoms with Crippen LogP contribution in [-0.2, 0) is 6.54 Å². The largest absolute Gasteiger partial charge is 0.465 e. The van der Waals surface area contributed by atoms with Crippen LogP contribution >= 0.6 is 0 Å². The van der Waals surface area contributed by atoms with E-state index in [9.17, 15) is 4.79 Å². The summed E-state index contributed by atoms with van der Waals surface area (Å²) in [4.78, 5) is 15.5. The molecule has 0 aliphatic rings.